The van der Waals surface area contributed by atoms with Gasteiger partial charge in [0, 0.05) is 17.3 Å². The van der Waals surface area contributed by atoms with E-state index in [9.17, 15) is 18.4 Å². The first-order chi connectivity index (χ1) is 12.6. The van der Waals surface area contributed by atoms with Crippen molar-refractivity contribution in [3.8, 4) is 28.6 Å². The van der Waals surface area contributed by atoms with Crippen LogP contribution < -0.4 is 0 Å². The Hall–Kier alpha value is -3.21. The van der Waals surface area contributed by atoms with E-state index in [2.05, 4.69) is 20.4 Å². The largest absolute Gasteiger partial charge is 0.417 e. The van der Waals surface area contributed by atoms with Crippen LogP contribution in [-0.4, -0.2) is 20.4 Å². The van der Waals surface area contributed by atoms with E-state index < -0.39 is 11.7 Å². The van der Waals surface area contributed by atoms with E-state index in [0.29, 0.717) is 22.5 Å². The topological polar surface area (TPSA) is 78.2 Å². The number of pyridine rings is 1. The number of aromatic nitrogens is 4. The summed E-state index contributed by atoms with van der Waals surface area (Å²) < 4.78 is 38.4. The Morgan fingerprint density at radius 2 is 1.70 bits per heavy atom. The fourth-order valence-corrected chi connectivity index (χ4v) is 2.59. The SMILES string of the molecule is CC(C)(C)c1cc(-c2ccc(C(F)(F)F)cn2)cc(-c2nn[nH]c2C#N)c1. The molecule has 0 saturated heterocycles. The van der Waals surface area contributed by atoms with Crippen LogP contribution in [0.25, 0.3) is 22.5 Å². The molecule has 1 N–H and O–H groups in total. The van der Waals surface area contributed by atoms with Crippen molar-refractivity contribution in [2.45, 2.75) is 32.4 Å². The first-order valence-electron chi connectivity index (χ1n) is 8.10. The number of alkyl halides is 3. The molecule has 0 aliphatic carbocycles. The molecule has 8 heteroatoms. The lowest BCUT2D eigenvalue weighted by atomic mass is 9.84. The molecule has 0 amide bonds. The summed E-state index contributed by atoms with van der Waals surface area (Å²) in [4.78, 5) is 3.97. The van der Waals surface area contributed by atoms with Crippen LogP contribution in [-0.2, 0) is 11.6 Å². The third-order valence-electron chi connectivity index (χ3n) is 4.12. The fourth-order valence-electron chi connectivity index (χ4n) is 2.59. The van der Waals surface area contributed by atoms with Gasteiger partial charge in [0.15, 0.2) is 5.69 Å². The summed E-state index contributed by atoms with van der Waals surface area (Å²) in [6.07, 6.45) is -3.62. The Balaban J connectivity index is 2.16. The zero-order valence-corrected chi connectivity index (χ0v) is 14.9. The van der Waals surface area contributed by atoms with Crippen LogP contribution in [0.1, 0.15) is 37.6 Å². The summed E-state index contributed by atoms with van der Waals surface area (Å²) in [7, 11) is 0. The quantitative estimate of drug-likeness (QED) is 0.707. The molecular weight excluding hydrogens is 355 g/mol. The van der Waals surface area contributed by atoms with Crippen LogP contribution in [0.15, 0.2) is 36.5 Å². The average Bonchev–Trinajstić information content (AvgIpc) is 3.09. The summed E-state index contributed by atoms with van der Waals surface area (Å²) in [5, 5.41) is 19.4. The summed E-state index contributed by atoms with van der Waals surface area (Å²) in [6, 6.07) is 9.85. The van der Waals surface area contributed by atoms with Gasteiger partial charge in [0.05, 0.1) is 11.3 Å². The van der Waals surface area contributed by atoms with Crippen LogP contribution in [0.2, 0.25) is 0 Å². The predicted octanol–water partition coefficient (Wildman–Crippen LogP) is 4.72. The average molecular weight is 371 g/mol. The van der Waals surface area contributed by atoms with Gasteiger partial charge >= 0.3 is 6.18 Å². The zero-order valence-electron chi connectivity index (χ0n) is 14.9. The van der Waals surface area contributed by atoms with Crippen molar-refractivity contribution in [1.82, 2.24) is 20.4 Å². The van der Waals surface area contributed by atoms with Crippen LogP contribution in [0.4, 0.5) is 13.2 Å². The number of hydrogen-bond acceptors (Lipinski definition) is 4. The van der Waals surface area contributed by atoms with Crippen molar-refractivity contribution >= 4 is 0 Å². The van der Waals surface area contributed by atoms with Gasteiger partial charge in [0.2, 0.25) is 0 Å². The number of aromatic amines is 1. The van der Waals surface area contributed by atoms with Gasteiger partial charge in [-0.2, -0.15) is 18.4 Å². The third kappa shape index (κ3) is 3.82. The second kappa shape index (κ2) is 6.50. The van der Waals surface area contributed by atoms with Crippen LogP contribution in [0.3, 0.4) is 0 Å². The molecule has 0 radical (unpaired) electrons. The molecule has 3 aromatic rings. The molecule has 27 heavy (non-hydrogen) atoms. The molecule has 3 rings (SSSR count). The lowest BCUT2D eigenvalue weighted by Gasteiger charge is -2.21. The van der Waals surface area contributed by atoms with Gasteiger partial charge in [-0.1, -0.05) is 26.0 Å². The van der Waals surface area contributed by atoms with Gasteiger partial charge in [0.1, 0.15) is 11.8 Å². The summed E-state index contributed by atoms with van der Waals surface area (Å²) in [6.45, 7) is 6.05. The van der Waals surface area contributed by atoms with Crippen molar-refractivity contribution < 1.29 is 13.2 Å². The Morgan fingerprint density at radius 3 is 2.26 bits per heavy atom. The molecule has 0 atom stereocenters. The van der Waals surface area contributed by atoms with Gasteiger partial charge in [0.25, 0.3) is 0 Å². The molecule has 0 aliphatic rings. The van der Waals surface area contributed by atoms with Crippen LogP contribution in [0.5, 0.6) is 0 Å². The molecule has 1 aromatic carbocycles. The monoisotopic (exact) mass is 371 g/mol. The Kier molecular flexibility index (Phi) is 4.47. The Bertz CT molecular complexity index is 1010. The van der Waals surface area contributed by atoms with E-state index in [1.807, 2.05) is 39.0 Å². The highest BCUT2D eigenvalue weighted by Gasteiger charge is 2.30. The van der Waals surface area contributed by atoms with Gasteiger partial charge in [-0.3, -0.25) is 4.98 Å². The molecule has 138 valence electrons. The van der Waals surface area contributed by atoms with Crippen molar-refractivity contribution in [3.63, 3.8) is 0 Å². The number of halogens is 3. The van der Waals surface area contributed by atoms with E-state index in [1.54, 1.807) is 6.07 Å². The second-order valence-corrected chi connectivity index (χ2v) is 7.13. The molecule has 5 nitrogen and oxygen atoms in total. The van der Waals surface area contributed by atoms with Gasteiger partial charge in [-0.15, -0.1) is 5.10 Å². The maximum absolute atomic E-state index is 12.8. The highest BCUT2D eigenvalue weighted by molar-refractivity contribution is 5.73. The number of nitrogens with zero attached hydrogens (tertiary/aromatic N) is 4. The molecule has 0 spiro atoms. The number of nitrogens with one attached hydrogen (secondary N) is 1. The lowest BCUT2D eigenvalue weighted by molar-refractivity contribution is -0.137. The van der Waals surface area contributed by atoms with Crippen LogP contribution >= 0.6 is 0 Å². The zero-order chi connectivity index (χ0) is 19.8. The number of rotatable bonds is 2. The minimum Gasteiger partial charge on any atom is -0.256 e. The highest BCUT2D eigenvalue weighted by Crippen LogP contribution is 2.34. The third-order valence-corrected chi connectivity index (χ3v) is 4.12. The number of benzene rings is 1. The van der Waals surface area contributed by atoms with Crippen molar-refractivity contribution in [2.24, 2.45) is 0 Å². The number of H-pyrrole nitrogens is 1. The first-order valence-corrected chi connectivity index (χ1v) is 8.10. The van der Waals surface area contributed by atoms with E-state index in [4.69, 9.17) is 0 Å². The maximum Gasteiger partial charge on any atom is 0.417 e. The number of nitriles is 1. The summed E-state index contributed by atoms with van der Waals surface area (Å²) in [5.74, 6) is 0. The van der Waals surface area contributed by atoms with E-state index in [1.165, 1.54) is 6.07 Å². The van der Waals surface area contributed by atoms with Gasteiger partial charge in [-0.25, -0.2) is 5.10 Å². The van der Waals surface area contributed by atoms with Crippen LogP contribution in [0, 0.1) is 11.3 Å². The molecular formula is C19H16F3N5. The lowest BCUT2D eigenvalue weighted by Crippen LogP contribution is -2.11. The van der Waals surface area contributed by atoms with Crippen molar-refractivity contribution in [3.05, 3.63) is 53.3 Å². The van der Waals surface area contributed by atoms with Crippen molar-refractivity contribution in [2.75, 3.05) is 0 Å². The predicted molar refractivity (Wildman–Crippen MR) is 93.5 cm³/mol. The Labute approximate surface area is 153 Å². The molecule has 0 fully saturated rings. The van der Waals surface area contributed by atoms with Gasteiger partial charge in [-0.05, 0) is 41.3 Å². The van der Waals surface area contributed by atoms with Gasteiger partial charge < -0.3 is 0 Å². The maximum atomic E-state index is 12.8. The molecule has 2 heterocycles. The van der Waals surface area contributed by atoms with E-state index in [-0.39, 0.29) is 11.1 Å². The van der Waals surface area contributed by atoms with E-state index >= 15 is 0 Å². The highest BCUT2D eigenvalue weighted by atomic mass is 19.4. The molecule has 0 saturated carbocycles. The normalized spacial score (nSPS) is 12.0. The molecule has 0 aliphatic heterocycles. The standard InChI is InChI=1S/C19H16F3N5/c1-18(2,3)14-7-11(15-5-4-13(10-24-15)19(20,21)22)6-12(8-14)17-16(9-23)25-27-26-17/h4-8,10H,1-3H3,(H,25,26,27). The Morgan fingerprint density at radius 1 is 1.00 bits per heavy atom. The summed E-state index contributed by atoms with van der Waals surface area (Å²) in [5.41, 5.74) is 2.18. The minimum absolute atomic E-state index is 0.215. The minimum atomic E-state index is -4.44. The second-order valence-electron chi connectivity index (χ2n) is 7.13. The molecule has 0 unspecified atom stereocenters. The number of hydrogen-bond donors (Lipinski definition) is 1. The first kappa shape index (κ1) is 18.6. The summed E-state index contributed by atoms with van der Waals surface area (Å²) >= 11 is 0. The molecule has 2 aromatic heterocycles. The smallest absolute Gasteiger partial charge is 0.256 e. The van der Waals surface area contributed by atoms with Crippen molar-refractivity contribution in [1.29, 1.82) is 5.26 Å². The molecule has 0 bridgehead atoms. The van der Waals surface area contributed by atoms with E-state index in [0.717, 1.165) is 17.8 Å². The fraction of sp³-hybridized carbons (Fsp3) is 0.263.